The van der Waals surface area contributed by atoms with E-state index in [0.29, 0.717) is 12.5 Å². The highest BCUT2D eigenvalue weighted by molar-refractivity contribution is 14.0. The molecule has 0 aliphatic carbocycles. The highest BCUT2D eigenvalue weighted by Crippen LogP contribution is 2.26. The van der Waals surface area contributed by atoms with Crippen molar-refractivity contribution >= 4 is 51.4 Å². The van der Waals surface area contributed by atoms with Gasteiger partial charge in [-0.1, -0.05) is 18.2 Å². The van der Waals surface area contributed by atoms with Crippen molar-refractivity contribution in [2.75, 3.05) is 26.3 Å². The van der Waals surface area contributed by atoms with Gasteiger partial charge >= 0.3 is 0 Å². The smallest absolute Gasteiger partial charge is 0.191 e. The lowest BCUT2D eigenvalue weighted by molar-refractivity contribution is 0.186. The number of rotatable bonds is 5. The molecule has 0 amide bonds. The first-order valence-corrected chi connectivity index (χ1v) is 8.80. The molecule has 4 nitrogen and oxygen atoms in total. The van der Waals surface area contributed by atoms with Gasteiger partial charge in [0.2, 0.25) is 0 Å². The standard InChI is InChI=1S/C17H23N3OS.HI/c1-2-18-17(19-9-13-7-8-21-11-13)20-10-14-12-22-16-6-4-3-5-15(14)16;/h3-6,12-13H,2,7-11H2,1H3,(H2,18,19,20);1H. The number of nitrogens with one attached hydrogen (secondary N) is 2. The summed E-state index contributed by atoms with van der Waals surface area (Å²) in [5, 5.41) is 10.3. The Morgan fingerprint density at radius 1 is 1.35 bits per heavy atom. The predicted octanol–water partition coefficient (Wildman–Crippen LogP) is 3.61. The van der Waals surface area contributed by atoms with E-state index < -0.39 is 0 Å². The molecule has 0 radical (unpaired) electrons. The van der Waals surface area contributed by atoms with Gasteiger partial charge in [0.1, 0.15) is 0 Å². The third kappa shape index (κ3) is 5.06. The maximum Gasteiger partial charge on any atom is 0.191 e. The molecule has 1 fully saturated rings. The minimum Gasteiger partial charge on any atom is -0.381 e. The Bertz CT molecular complexity index is 638. The predicted molar refractivity (Wildman–Crippen MR) is 109 cm³/mol. The zero-order valence-corrected chi connectivity index (χ0v) is 16.5. The highest BCUT2D eigenvalue weighted by atomic mass is 127. The molecule has 0 bridgehead atoms. The summed E-state index contributed by atoms with van der Waals surface area (Å²) in [6, 6.07) is 8.51. The van der Waals surface area contributed by atoms with Gasteiger partial charge in [-0.2, -0.15) is 0 Å². The number of guanidine groups is 1. The number of fused-ring (bicyclic) bond motifs is 1. The van der Waals surface area contributed by atoms with Gasteiger partial charge < -0.3 is 15.4 Å². The normalized spacial score (nSPS) is 18.0. The van der Waals surface area contributed by atoms with E-state index in [1.54, 1.807) is 11.3 Å². The van der Waals surface area contributed by atoms with E-state index >= 15 is 0 Å². The van der Waals surface area contributed by atoms with Crippen LogP contribution in [0.1, 0.15) is 18.9 Å². The van der Waals surface area contributed by atoms with Crippen molar-refractivity contribution in [1.82, 2.24) is 10.6 Å². The van der Waals surface area contributed by atoms with Crippen LogP contribution in [-0.2, 0) is 11.3 Å². The molecular formula is C17H24IN3OS. The summed E-state index contributed by atoms with van der Waals surface area (Å²) in [6.45, 7) is 6.35. The van der Waals surface area contributed by atoms with Crippen LogP contribution in [0, 0.1) is 5.92 Å². The first kappa shape index (κ1) is 18.5. The lowest BCUT2D eigenvalue weighted by Gasteiger charge is -2.14. The van der Waals surface area contributed by atoms with Crippen LogP contribution in [0.25, 0.3) is 10.1 Å². The first-order chi connectivity index (χ1) is 10.9. The SMILES string of the molecule is CCNC(=NCc1csc2ccccc12)NCC1CCOC1.I. The van der Waals surface area contributed by atoms with Crippen LogP contribution in [0.2, 0.25) is 0 Å². The molecule has 3 rings (SSSR count). The molecule has 1 aliphatic heterocycles. The van der Waals surface area contributed by atoms with E-state index in [1.165, 1.54) is 15.6 Å². The number of hydrogen-bond donors (Lipinski definition) is 2. The van der Waals surface area contributed by atoms with Crippen molar-refractivity contribution in [1.29, 1.82) is 0 Å². The van der Waals surface area contributed by atoms with Gasteiger partial charge in [-0.15, -0.1) is 35.3 Å². The van der Waals surface area contributed by atoms with Crippen LogP contribution >= 0.6 is 35.3 Å². The van der Waals surface area contributed by atoms with Gasteiger partial charge in [0.05, 0.1) is 13.2 Å². The third-order valence-electron chi connectivity index (χ3n) is 3.90. The number of nitrogens with zero attached hydrogens (tertiary/aromatic N) is 1. The molecule has 1 aromatic carbocycles. The van der Waals surface area contributed by atoms with Crippen LogP contribution in [0.3, 0.4) is 0 Å². The molecule has 6 heteroatoms. The fourth-order valence-electron chi connectivity index (χ4n) is 2.65. The summed E-state index contributed by atoms with van der Waals surface area (Å²) in [7, 11) is 0. The molecule has 126 valence electrons. The second-order valence-corrected chi connectivity index (χ2v) is 6.47. The van der Waals surface area contributed by atoms with Gasteiger partial charge in [-0.3, -0.25) is 0 Å². The number of benzene rings is 1. The molecule has 1 atom stereocenters. The molecule has 2 aromatic rings. The molecule has 0 saturated carbocycles. The van der Waals surface area contributed by atoms with Crippen molar-refractivity contribution < 1.29 is 4.74 Å². The first-order valence-electron chi connectivity index (χ1n) is 7.92. The summed E-state index contributed by atoms with van der Waals surface area (Å²) >= 11 is 1.79. The summed E-state index contributed by atoms with van der Waals surface area (Å²) in [6.07, 6.45) is 1.14. The van der Waals surface area contributed by atoms with Crippen molar-refractivity contribution in [2.45, 2.75) is 19.9 Å². The van der Waals surface area contributed by atoms with Gasteiger partial charge in [0.25, 0.3) is 0 Å². The highest BCUT2D eigenvalue weighted by Gasteiger charge is 2.15. The van der Waals surface area contributed by atoms with Crippen LogP contribution in [0.15, 0.2) is 34.6 Å². The van der Waals surface area contributed by atoms with E-state index in [9.17, 15) is 0 Å². The van der Waals surface area contributed by atoms with Crippen LogP contribution in [0.5, 0.6) is 0 Å². The molecule has 1 unspecified atom stereocenters. The van der Waals surface area contributed by atoms with Crippen molar-refractivity contribution in [3.05, 3.63) is 35.2 Å². The van der Waals surface area contributed by atoms with Crippen molar-refractivity contribution in [3.63, 3.8) is 0 Å². The maximum absolute atomic E-state index is 5.42. The molecule has 0 spiro atoms. The molecule has 1 aromatic heterocycles. The Hall–Kier alpha value is -0.860. The third-order valence-corrected chi connectivity index (χ3v) is 4.91. The molecule has 1 saturated heterocycles. The summed E-state index contributed by atoms with van der Waals surface area (Å²) in [4.78, 5) is 4.73. The molecule has 23 heavy (non-hydrogen) atoms. The van der Waals surface area contributed by atoms with Gasteiger partial charge in [0.15, 0.2) is 5.96 Å². The molecule has 1 aliphatic rings. The minimum absolute atomic E-state index is 0. The van der Waals surface area contributed by atoms with Crippen molar-refractivity contribution in [3.8, 4) is 0 Å². The molecule has 2 N–H and O–H groups in total. The zero-order chi connectivity index (χ0) is 15.2. The monoisotopic (exact) mass is 445 g/mol. The van der Waals surface area contributed by atoms with E-state index in [1.807, 2.05) is 0 Å². The Balaban J connectivity index is 0.00000192. The van der Waals surface area contributed by atoms with Gasteiger partial charge in [-0.25, -0.2) is 4.99 Å². The van der Waals surface area contributed by atoms with E-state index in [4.69, 9.17) is 9.73 Å². The number of halogens is 1. The number of hydrogen-bond acceptors (Lipinski definition) is 3. The molecular weight excluding hydrogens is 421 g/mol. The Morgan fingerprint density at radius 2 is 2.22 bits per heavy atom. The average molecular weight is 445 g/mol. The Morgan fingerprint density at radius 3 is 3.00 bits per heavy atom. The largest absolute Gasteiger partial charge is 0.381 e. The van der Waals surface area contributed by atoms with E-state index in [-0.39, 0.29) is 24.0 Å². The maximum atomic E-state index is 5.42. The lowest BCUT2D eigenvalue weighted by atomic mass is 10.1. The fourth-order valence-corrected chi connectivity index (χ4v) is 3.60. The Labute approximate surface area is 158 Å². The average Bonchev–Trinajstić information content (AvgIpc) is 3.20. The lowest BCUT2D eigenvalue weighted by Crippen LogP contribution is -2.39. The second-order valence-electron chi connectivity index (χ2n) is 5.56. The van der Waals surface area contributed by atoms with Crippen molar-refractivity contribution in [2.24, 2.45) is 10.9 Å². The number of ether oxygens (including phenoxy) is 1. The topological polar surface area (TPSA) is 45.7 Å². The summed E-state index contributed by atoms with van der Waals surface area (Å²) < 4.78 is 6.75. The number of thiophene rings is 1. The fraction of sp³-hybridized carbons (Fsp3) is 0.471. The quantitative estimate of drug-likeness (QED) is 0.420. The van der Waals surface area contributed by atoms with Crippen LogP contribution < -0.4 is 10.6 Å². The van der Waals surface area contributed by atoms with Gasteiger partial charge in [-0.05, 0) is 35.7 Å². The van der Waals surface area contributed by atoms with E-state index in [2.05, 4.69) is 47.2 Å². The van der Waals surface area contributed by atoms with E-state index in [0.717, 1.165) is 38.7 Å². The van der Waals surface area contributed by atoms with Crippen LogP contribution in [-0.4, -0.2) is 32.3 Å². The molecule has 2 heterocycles. The Kier molecular flexibility index (Phi) is 7.58. The number of aliphatic imine (C=N–C) groups is 1. The van der Waals surface area contributed by atoms with Gasteiger partial charge in [0, 0.05) is 30.3 Å². The van der Waals surface area contributed by atoms with Crippen LogP contribution in [0.4, 0.5) is 0 Å². The zero-order valence-electron chi connectivity index (χ0n) is 13.4. The second kappa shape index (κ2) is 9.44. The minimum atomic E-state index is 0. The summed E-state index contributed by atoms with van der Waals surface area (Å²) in [5.41, 5.74) is 1.29. The summed E-state index contributed by atoms with van der Waals surface area (Å²) in [5.74, 6) is 1.50.